The van der Waals surface area contributed by atoms with Crippen molar-refractivity contribution >= 4 is 32.1 Å². The second kappa shape index (κ2) is 11.1. The zero-order chi connectivity index (χ0) is 22.6. The van der Waals surface area contributed by atoms with Crippen LogP contribution in [-0.4, -0.2) is 24.1 Å². The van der Waals surface area contributed by atoms with Crippen LogP contribution in [0.15, 0.2) is 55.2 Å². The minimum absolute atomic E-state index is 0. The minimum atomic E-state index is -0.0854. The smallest absolute Gasteiger partial charge is 0.668 e. The van der Waals surface area contributed by atoms with Crippen LogP contribution in [-0.2, 0) is 5.16 Å². The number of anilines is 2. The summed E-state index contributed by atoms with van der Waals surface area (Å²) in [6, 6.07) is 15.4. The average molecular weight is 667 g/mol. The Morgan fingerprint density at radius 2 is 1.91 bits per heavy atom. The van der Waals surface area contributed by atoms with E-state index in [0.29, 0.717) is 17.1 Å². The van der Waals surface area contributed by atoms with Crippen molar-refractivity contribution in [2.75, 3.05) is 19.4 Å². The van der Waals surface area contributed by atoms with Crippen LogP contribution in [0.4, 0.5) is 17.2 Å². The number of rotatable bonds is 4. The van der Waals surface area contributed by atoms with Crippen molar-refractivity contribution in [3.8, 4) is 17.3 Å². The summed E-state index contributed by atoms with van der Waals surface area (Å²) in [6.45, 7) is 8.17. The second-order valence-electron chi connectivity index (χ2n) is 7.73. The van der Waals surface area contributed by atoms with Crippen LogP contribution in [0.3, 0.4) is 0 Å². The van der Waals surface area contributed by atoms with E-state index in [2.05, 4.69) is 56.7 Å². The van der Waals surface area contributed by atoms with Crippen LogP contribution in [0.2, 0.25) is 0 Å². The molecule has 0 saturated heterocycles. The molecular formula is C24H25N6PU. The van der Waals surface area contributed by atoms with E-state index in [1.54, 1.807) is 26.2 Å². The third-order valence-electron chi connectivity index (χ3n) is 4.52. The summed E-state index contributed by atoms with van der Waals surface area (Å²) in [6.07, 6.45) is 1.84. The van der Waals surface area contributed by atoms with Crippen LogP contribution >= 0.6 is 9.24 Å². The van der Waals surface area contributed by atoms with Crippen LogP contribution in [0.1, 0.15) is 30.7 Å². The molecule has 6 nitrogen and oxygen atoms in total. The van der Waals surface area contributed by atoms with E-state index in [9.17, 15) is 0 Å². The minimum Gasteiger partial charge on any atom is -0.668 e. The molecule has 1 atom stereocenters. The van der Waals surface area contributed by atoms with E-state index in [4.69, 9.17) is 10.2 Å². The Kier molecular flexibility index (Phi) is 9.02. The Labute approximate surface area is 215 Å². The summed E-state index contributed by atoms with van der Waals surface area (Å²) in [5.74, 6) is 0.679. The molecule has 1 aliphatic rings. The van der Waals surface area contributed by atoms with Gasteiger partial charge in [-0.3, -0.25) is 4.98 Å². The van der Waals surface area contributed by atoms with E-state index >= 15 is 0 Å². The molecule has 0 saturated carbocycles. The molecule has 0 bridgehead atoms. The fourth-order valence-electron chi connectivity index (χ4n) is 3.02. The van der Waals surface area contributed by atoms with Crippen molar-refractivity contribution in [2.24, 2.45) is 0 Å². The molecular weight excluding hydrogens is 641 g/mol. The van der Waals surface area contributed by atoms with Gasteiger partial charge in [0.2, 0.25) is 0 Å². The molecule has 3 aromatic rings. The van der Waals surface area contributed by atoms with Gasteiger partial charge in [-0.2, -0.15) is 19.4 Å². The fraction of sp³-hybridized carbons (Fsp3) is 0.208. The summed E-state index contributed by atoms with van der Waals surface area (Å²) in [4.78, 5) is 9.37. The zero-order valence-electron chi connectivity index (χ0n) is 18.6. The summed E-state index contributed by atoms with van der Waals surface area (Å²) < 4.78 is 0. The first-order valence-electron chi connectivity index (χ1n) is 9.73. The van der Waals surface area contributed by atoms with Crippen molar-refractivity contribution in [3.63, 3.8) is 0 Å². The monoisotopic (exact) mass is 666 g/mol. The number of nitriles is 1. The summed E-state index contributed by atoms with van der Waals surface area (Å²) in [5, 5.41) is 20.3. The van der Waals surface area contributed by atoms with E-state index in [0.717, 1.165) is 33.9 Å². The Hall–Kier alpha value is -2.21. The standard InChI is InChI=1S/C22H19N5P.C2H6N.U/c1-13-20-18(25-13)10-17(15-7-8-19(24-12-15)22(2,3)28)27-21(20)26-16-6-4-5-14(9-16)11-23;1-3-2;/h4-10,12H,1,28H2,2-3H3,(H,26,27);1-2H3;/q2*-1;+2. The molecule has 3 heterocycles. The van der Waals surface area contributed by atoms with E-state index in [1.807, 2.05) is 36.5 Å². The predicted molar refractivity (Wildman–Crippen MR) is 132 cm³/mol. The average Bonchev–Trinajstić information content (AvgIpc) is 2.72. The van der Waals surface area contributed by atoms with Crippen molar-refractivity contribution in [1.29, 1.82) is 5.26 Å². The van der Waals surface area contributed by atoms with Gasteiger partial charge in [0.25, 0.3) is 0 Å². The third kappa shape index (κ3) is 5.97. The van der Waals surface area contributed by atoms with Gasteiger partial charge in [-0.1, -0.05) is 19.9 Å². The maximum Gasteiger partial charge on any atom is 2.00 e. The topological polar surface area (TPSA) is 89.8 Å². The van der Waals surface area contributed by atoms with Gasteiger partial charge in [0, 0.05) is 28.3 Å². The molecule has 1 N–H and O–H groups in total. The summed E-state index contributed by atoms with van der Waals surface area (Å²) >= 11 is 0. The molecule has 0 fully saturated rings. The zero-order valence-corrected chi connectivity index (χ0v) is 24.0. The van der Waals surface area contributed by atoms with Gasteiger partial charge in [0.1, 0.15) is 5.82 Å². The number of nitrogens with one attached hydrogen (secondary N) is 1. The fourth-order valence-corrected chi connectivity index (χ4v) is 3.19. The predicted octanol–water partition coefficient (Wildman–Crippen LogP) is 6.48. The van der Waals surface area contributed by atoms with Gasteiger partial charge in [-0.15, -0.1) is 27.2 Å². The van der Waals surface area contributed by atoms with Crippen molar-refractivity contribution < 1.29 is 31.1 Å². The summed E-state index contributed by atoms with van der Waals surface area (Å²) in [5.41, 5.74) is 6.54. The van der Waals surface area contributed by atoms with Crippen LogP contribution in [0.5, 0.6) is 0 Å². The molecule has 8 heteroatoms. The van der Waals surface area contributed by atoms with Crippen molar-refractivity contribution in [1.82, 2.24) is 9.97 Å². The third-order valence-corrected chi connectivity index (χ3v) is 4.81. The first-order chi connectivity index (χ1) is 14.8. The van der Waals surface area contributed by atoms with Crippen molar-refractivity contribution in [3.05, 3.63) is 82.7 Å². The summed E-state index contributed by atoms with van der Waals surface area (Å²) in [7, 11) is 6.30. The van der Waals surface area contributed by atoms with Crippen molar-refractivity contribution in [2.45, 2.75) is 19.0 Å². The first kappa shape index (κ1) is 26.0. The van der Waals surface area contributed by atoms with Gasteiger partial charge in [-0.25, -0.2) is 4.98 Å². The number of pyridine rings is 2. The first-order valence-corrected chi connectivity index (χ1v) is 10.3. The molecule has 0 radical (unpaired) electrons. The number of hydrogen-bond donors (Lipinski definition) is 1. The molecule has 1 aromatic carbocycles. The molecule has 0 aliphatic carbocycles. The SMILES string of the molecule is C=C1[N-]c2cc(-c3ccc(C(C)(C)P)nc3)nc(Nc3cccc(C#N)c3)c21.C[N-]C.[U+2]. The van der Waals surface area contributed by atoms with E-state index < -0.39 is 0 Å². The van der Waals surface area contributed by atoms with Gasteiger partial charge < -0.3 is 16.0 Å². The Balaban J connectivity index is 0.000000860. The van der Waals surface area contributed by atoms with Gasteiger partial charge in [-0.05, 0) is 42.0 Å². The van der Waals surface area contributed by atoms with Crippen LogP contribution in [0.25, 0.3) is 27.6 Å². The normalized spacial score (nSPS) is 11.4. The van der Waals surface area contributed by atoms with Gasteiger partial charge in [0.05, 0.1) is 17.3 Å². The van der Waals surface area contributed by atoms with Gasteiger partial charge in [0.15, 0.2) is 0 Å². The molecule has 0 amide bonds. The Morgan fingerprint density at radius 3 is 2.47 bits per heavy atom. The Bertz CT molecular complexity index is 1150. The molecule has 4 rings (SSSR count). The quantitative estimate of drug-likeness (QED) is 0.323. The molecule has 1 aliphatic heterocycles. The van der Waals surface area contributed by atoms with Crippen LogP contribution in [0, 0.1) is 42.4 Å². The van der Waals surface area contributed by atoms with Crippen LogP contribution < -0.4 is 5.32 Å². The number of aromatic nitrogens is 2. The largest absolute Gasteiger partial charge is 2.00 e. The second-order valence-corrected chi connectivity index (χ2v) is 9.17. The van der Waals surface area contributed by atoms with E-state index in [1.165, 1.54) is 0 Å². The number of hydrogen-bond acceptors (Lipinski definition) is 4. The Morgan fingerprint density at radius 1 is 1.19 bits per heavy atom. The van der Waals surface area contributed by atoms with E-state index in [-0.39, 0.29) is 36.3 Å². The molecule has 0 spiro atoms. The molecule has 160 valence electrons. The number of nitrogens with zero attached hydrogens (tertiary/aromatic N) is 5. The number of benzene rings is 1. The maximum absolute atomic E-state index is 9.12. The molecule has 2 aromatic heterocycles. The molecule has 1 unspecified atom stereocenters. The molecule has 32 heavy (non-hydrogen) atoms. The van der Waals surface area contributed by atoms with Gasteiger partial charge >= 0.3 is 31.1 Å². The number of fused-ring (bicyclic) bond motifs is 1. The maximum atomic E-state index is 9.12.